The summed E-state index contributed by atoms with van der Waals surface area (Å²) in [4.78, 5) is 0. The molecule has 1 N–H and O–H groups in total. The lowest BCUT2D eigenvalue weighted by molar-refractivity contribution is -0.916. The van der Waals surface area contributed by atoms with Crippen molar-refractivity contribution in [1.82, 2.24) is 0 Å². The smallest absolute Gasteiger partial charge is 0.362 e. The lowest BCUT2D eigenvalue weighted by Gasteiger charge is -2.31. The van der Waals surface area contributed by atoms with Gasteiger partial charge in [-0.25, -0.2) is 0 Å². The molecule has 0 aliphatic rings. The SMILES string of the molecule is C[N+](C)(C)C(O)(Cl)Cl.[Cl-]. The first kappa shape index (κ1) is 12.5. The zero-order valence-electron chi connectivity index (χ0n) is 5.53. The zero-order valence-corrected chi connectivity index (χ0v) is 7.80. The molecule has 0 aromatic carbocycles. The van der Waals surface area contributed by atoms with Crippen molar-refractivity contribution >= 4 is 23.2 Å². The largest absolute Gasteiger partial charge is 1.00 e. The summed E-state index contributed by atoms with van der Waals surface area (Å²) in [6.45, 7) is 0. The van der Waals surface area contributed by atoms with E-state index in [4.69, 9.17) is 28.3 Å². The molecular formula is C4H10Cl3NO. The molecule has 0 aromatic rings. The number of rotatable bonds is 1. The fourth-order valence-corrected chi connectivity index (χ4v) is 0. The van der Waals surface area contributed by atoms with Crippen LogP contribution < -0.4 is 12.4 Å². The fraction of sp³-hybridized carbons (Fsp3) is 1.00. The van der Waals surface area contributed by atoms with Crippen LogP contribution in [0, 0.1) is 0 Å². The van der Waals surface area contributed by atoms with Gasteiger partial charge in [-0.3, -0.25) is 4.48 Å². The van der Waals surface area contributed by atoms with Crippen LogP contribution in [0.1, 0.15) is 0 Å². The van der Waals surface area contributed by atoms with E-state index in [-0.39, 0.29) is 16.9 Å². The normalized spacial score (nSPS) is 12.7. The monoisotopic (exact) mass is 193 g/mol. The van der Waals surface area contributed by atoms with E-state index in [0.29, 0.717) is 0 Å². The fourth-order valence-electron chi connectivity index (χ4n) is 0. The summed E-state index contributed by atoms with van der Waals surface area (Å²) >= 11 is 10.6. The quantitative estimate of drug-likeness (QED) is 0.217. The van der Waals surface area contributed by atoms with E-state index in [9.17, 15) is 0 Å². The maximum atomic E-state index is 8.86. The summed E-state index contributed by atoms with van der Waals surface area (Å²) < 4.78 is -1.57. The molecule has 0 amide bonds. The highest BCUT2D eigenvalue weighted by molar-refractivity contribution is 6.45. The van der Waals surface area contributed by atoms with Crippen LogP contribution in [0.4, 0.5) is 0 Å². The molecule has 9 heavy (non-hydrogen) atoms. The Kier molecular flexibility index (Phi) is 4.52. The highest BCUT2D eigenvalue weighted by Crippen LogP contribution is 2.24. The van der Waals surface area contributed by atoms with Crippen LogP contribution in [0.25, 0.3) is 0 Å². The van der Waals surface area contributed by atoms with Crippen molar-refractivity contribution < 1.29 is 22.0 Å². The standard InChI is InChI=1S/C4H10Cl2NO.ClH/c1-7(2,3)4(5,6)8;/h8H,1-3H3;1H/q+1;/p-1. The molecule has 0 radical (unpaired) electrons. The van der Waals surface area contributed by atoms with Crippen LogP contribution in [0.15, 0.2) is 0 Å². The molecule has 0 unspecified atom stereocenters. The first-order valence-corrected chi connectivity index (χ1v) is 2.92. The maximum Gasteiger partial charge on any atom is 0.362 e. The number of alkyl halides is 2. The molecule has 0 bridgehead atoms. The van der Waals surface area contributed by atoms with E-state index in [0.717, 1.165) is 0 Å². The number of halogens is 3. The average Bonchev–Trinajstić information content (AvgIpc) is 1.25. The lowest BCUT2D eigenvalue weighted by atomic mass is 10.7. The van der Waals surface area contributed by atoms with E-state index >= 15 is 0 Å². The van der Waals surface area contributed by atoms with Crippen LogP contribution in [-0.4, -0.2) is 35.4 Å². The van der Waals surface area contributed by atoms with Gasteiger partial charge in [-0.1, -0.05) is 0 Å². The summed E-state index contributed by atoms with van der Waals surface area (Å²) in [6, 6.07) is 0. The predicted molar refractivity (Wildman–Crippen MR) is 34.7 cm³/mol. The molecule has 0 aliphatic carbocycles. The molecule has 0 spiro atoms. The van der Waals surface area contributed by atoms with Crippen molar-refractivity contribution in [3.8, 4) is 0 Å². The van der Waals surface area contributed by atoms with Gasteiger partial charge in [-0.05, 0) is 23.2 Å². The molecule has 2 nitrogen and oxygen atoms in total. The van der Waals surface area contributed by atoms with E-state index in [1.54, 1.807) is 21.1 Å². The molecule has 58 valence electrons. The number of hydrogen-bond acceptors (Lipinski definition) is 1. The van der Waals surface area contributed by atoms with Gasteiger partial charge >= 0.3 is 4.64 Å². The summed E-state index contributed by atoms with van der Waals surface area (Å²) in [5, 5.41) is 8.86. The number of hydrogen-bond donors (Lipinski definition) is 1. The third-order valence-corrected chi connectivity index (χ3v) is 1.82. The van der Waals surface area contributed by atoms with Crippen molar-refractivity contribution in [2.24, 2.45) is 0 Å². The summed E-state index contributed by atoms with van der Waals surface area (Å²) in [6.07, 6.45) is 0. The highest BCUT2D eigenvalue weighted by Gasteiger charge is 2.35. The van der Waals surface area contributed by atoms with Crippen molar-refractivity contribution in [3.05, 3.63) is 0 Å². The summed E-state index contributed by atoms with van der Waals surface area (Å²) in [5.74, 6) is 0. The van der Waals surface area contributed by atoms with Crippen LogP contribution in [0.3, 0.4) is 0 Å². The van der Waals surface area contributed by atoms with E-state index < -0.39 is 4.64 Å². The van der Waals surface area contributed by atoms with Crippen molar-refractivity contribution in [1.29, 1.82) is 0 Å². The minimum absolute atomic E-state index is 0. The Morgan fingerprint density at radius 3 is 1.33 bits per heavy atom. The molecule has 5 heteroatoms. The van der Waals surface area contributed by atoms with Crippen molar-refractivity contribution in [3.63, 3.8) is 0 Å². The zero-order chi connectivity index (χ0) is 7.00. The van der Waals surface area contributed by atoms with Crippen molar-refractivity contribution in [2.45, 2.75) is 4.64 Å². The second kappa shape index (κ2) is 3.26. The third kappa shape index (κ3) is 4.23. The van der Waals surface area contributed by atoms with Crippen molar-refractivity contribution in [2.75, 3.05) is 21.1 Å². The van der Waals surface area contributed by atoms with Gasteiger partial charge < -0.3 is 17.5 Å². The summed E-state index contributed by atoms with van der Waals surface area (Å²) in [7, 11) is 5.08. The number of nitrogens with zero attached hydrogens (tertiary/aromatic N) is 1. The third-order valence-electron chi connectivity index (χ3n) is 0.807. The van der Waals surface area contributed by atoms with Gasteiger partial charge in [0.25, 0.3) is 0 Å². The Morgan fingerprint density at radius 1 is 1.22 bits per heavy atom. The number of quaternary nitrogens is 1. The van der Waals surface area contributed by atoms with Crippen LogP contribution >= 0.6 is 23.2 Å². The Morgan fingerprint density at radius 2 is 1.33 bits per heavy atom. The van der Waals surface area contributed by atoms with Gasteiger partial charge in [0, 0.05) is 0 Å². The highest BCUT2D eigenvalue weighted by atomic mass is 35.5. The molecular weight excluding hydrogens is 184 g/mol. The van der Waals surface area contributed by atoms with Gasteiger partial charge in [-0.2, -0.15) is 0 Å². The molecule has 0 saturated carbocycles. The molecule has 0 fully saturated rings. The molecule has 0 saturated heterocycles. The first-order chi connectivity index (χ1) is 3.25. The lowest BCUT2D eigenvalue weighted by Crippen LogP contribution is -3.00. The Balaban J connectivity index is 0. The Hall–Kier alpha value is 0.790. The molecule has 0 heterocycles. The molecule has 0 atom stereocenters. The van der Waals surface area contributed by atoms with E-state index in [1.165, 1.54) is 0 Å². The molecule has 0 rings (SSSR count). The second-order valence-electron chi connectivity index (χ2n) is 2.52. The van der Waals surface area contributed by atoms with Crippen LogP contribution in [0.5, 0.6) is 0 Å². The Labute approximate surface area is 71.4 Å². The second-order valence-corrected chi connectivity index (χ2v) is 3.77. The topological polar surface area (TPSA) is 20.2 Å². The minimum atomic E-state index is -1.68. The van der Waals surface area contributed by atoms with E-state index in [2.05, 4.69) is 0 Å². The Bertz CT molecular complexity index is 70.8. The maximum absolute atomic E-state index is 8.86. The predicted octanol–water partition coefficient (Wildman–Crippen LogP) is -2.22. The number of aliphatic hydroxyl groups is 1. The van der Waals surface area contributed by atoms with E-state index in [1.807, 2.05) is 0 Å². The van der Waals surface area contributed by atoms with Gasteiger partial charge in [0.15, 0.2) is 0 Å². The molecule has 0 aromatic heterocycles. The van der Waals surface area contributed by atoms with Gasteiger partial charge in [0.1, 0.15) is 0 Å². The average molecular weight is 194 g/mol. The molecule has 0 aliphatic heterocycles. The van der Waals surface area contributed by atoms with Crippen LogP contribution in [-0.2, 0) is 0 Å². The first-order valence-electron chi connectivity index (χ1n) is 2.17. The van der Waals surface area contributed by atoms with Gasteiger partial charge in [0.05, 0.1) is 21.1 Å². The summed E-state index contributed by atoms with van der Waals surface area (Å²) in [5.41, 5.74) is 0. The minimum Gasteiger partial charge on any atom is -1.00 e. The van der Waals surface area contributed by atoms with Crippen LogP contribution in [0.2, 0.25) is 0 Å². The van der Waals surface area contributed by atoms with Gasteiger partial charge in [-0.15, -0.1) is 0 Å². The van der Waals surface area contributed by atoms with Gasteiger partial charge in [0.2, 0.25) is 0 Å².